The minimum atomic E-state index is -0.420. The van der Waals surface area contributed by atoms with Crippen molar-refractivity contribution in [3.63, 3.8) is 0 Å². The summed E-state index contributed by atoms with van der Waals surface area (Å²) in [5, 5.41) is 6.09. The average molecular weight is 220 g/mol. The van der Waals surface area contributed by atoms with Gasteiger partial charge in [0.15, 0.2) is 6.10 Å². The second-order valence-electron chi connectivity index (χ2n) is 4.26. The van der Waals surface area contributed by atoms with Gasteiger partial charge in [0.05, 0.1) is 5.69 Å². The van der Waals surface area contributed by atoms with E-state index < -0.39 is 6.10 Å². The van der Waals surface area contributed by atoms with Gasteiger partial charge in [0.1, 0.15) is 5.75 Å². The van der Waals surface area contributed by atoms with Crippen LogP contribution in [0.2, 0.25) is 0 Å². The van der Waals surface area contributed by atoms with E-state index in [4.69, 9.17) is 4.74 Å². The van der Waals surface area contributed by atoms with Gasteiger partial charge in [-0.15, -0.1) is 0 Å². The van der Waals surface area contributed by atoms with Crippen LogP contribution in [0.3, 0.4) is 0 Å². The monoisotopic (exact) mass is 220 g/mol. The van der Waals surface area contributed by atoms with Crippen molar-refractivity contribution in [3.05, 3.63) is 18.2 Å². The van der Waals surface area contributed by atoms with Gasteiger partial charge in [-0.25, -0.2) is 0 Å². The van der Waals surface area contributed by atoms with Gasteiger partial charge < -0.3 is 15.4 Å². The van der Waals surface area contributed by atoms with E-state index in [2.05, 4.69) is 24.5 Å². The maximum atomic E-state index is 11.4. The largest absolute Gasteiger partial charge is 0.479 e. The molecule has 0 saturated carbocycles. The minimum absolute atomic E-state index is 0.103. The van der Waals surface area contributed by atoms with Crippen molar-refractivity contribution in [1.82, 2.24) is 0 Å². The Kier molecular flexibility index (Phi) is 2.73. The minimum Gasteiger partial charge on any atom is -0.479 e. The van der Waals surface area contributed by atoms with Gasteiger partial charge in [0, 0.05) is 11.7 Å². The molecule has 0 fully saturated rings. The van der Waals surface area contributed by atoms with Gasteiger partial charge in [-0.3, -0.25) is 4.79 Å². The number of rotatable bonds is 2. The van der Waals surface area contributed by atoms with Crippen molar-refractivity contribution < 1.29 is 9.53 Å². The summed E-state index contributed by atoms with van der Waals surface area (Å²) in [4.78, 5) is 11.4. The fourth-order valence-electron chi connectivity index (χ4n) is 1.63. The molecule has 1 amide bonds. The molecule has 4 nitrogen and oxygen atoms in total. The van der Waals surface area contributed by atoms with E-state index in [1.165, 1.54) is 0 Å². The topological polar surface area (TPSA) is 50.4 Å². The smallest absolute Gasteiger partial charge is 0.265 e. The lowest BCUT2D eigenvalue weighted by atomic mass is 10.2. The van der Waals surface area contributed by atoms with Crippen LogP contribution in [-0.4, -0.2) is 18.1 Å². The number of carbonyl (C=O) groups excluding carboxylic acids is 1. The molecule has 2 N–H and O–H groups in total. The van der Waals surface area contributed by atoms with E-state index in [9.17, 15) is 4.79 Å². The molecule has 4 heteroatoms. The molecule has 0 aromatic heterocycles. The Bertz CT molecular complexity index is 415. The highest BCUT2D eigenvalue weighted by Crippen LogP contribution is 2.32. The highest BCUT2D eigenvalue weighted by Gasteiger charge is 2.23. The third-order valence-electron chi connectivity index (χ3n) is 2.37. The van der Waals surface area contributed by atoms with E-state index in [0.717, 1.165) is 17.1 Å². The van der Waals surface area contributed by atoms with Crippen LogP contribution in [0.5, 0.6) is 5.75 Å². The van der Waals surface area contributed by atoms with Crippen molar-refractivity contribution in [3.8, 4) is 5.75 Å². The molecule has 86 valence electrons. The molecule has 1 atom stereocenters. The zero-order valence-electron chi connectivity index (χ0n) is 9.70. The number of nitrogens with one attached hydrogen (secondary N) is 2. The SMILES string of the molecule is CC(C)Nc1ccc2c(c1)NC(=O)C(C)O2. The molecule has 0 bridgehead atoms. The quantitative estimate of drug-likeness (QED) is 0.803. The molecule has 2 rings (SSSR count). The molecule has 1 aromatic carbocycles. The predicted octanol–water partition coefficient (Wildman–Crippen LogP) is 2.23. The lowest BCUT2D eigenvalue weighted by Crippen LogP contribution is -2.34. The third-order valence-corrected chi connectivity index (χ3v) is 2.37. The summed E-state index contributed by atoms with van der Waals surface area (Å²) in [6.07, 6.45) is -0.420. The first kappa shape index (κ1) is 10.8. The van der Waals surface area contributed by atoms with E-state index in [0.29, 0.717) is 6.04 Å². The van der Waals surface area contributed by atoms with Crippen LogP contribution >= 0.6 is 0 Å². The molecule has 0 spiro atoms. The van der Waals surface area contributed by atoms with Crippen LogP contribution in [0.25, 0.3) is 0 Å². The van der Waals surface area contributed by atoms with Crippen molar-refractivity contribution in [2.45, 2.75) is 32.9 Å². The number of benzene rings is 1. The Balaban J connectivity index is 2.25. The number of carbonyl (C=O) groups is 1. The van der Waals surface area contributed by atoms with Crippen molar-refractivity contribution in [1.29, 1.82) is 0 Å². The van der Waals surface area contributed by atoms with Crippen molar-refractivity contribution in [2.75, 3.05) is 10.6 Å². The lowest BCUT2D eigenvalue weighted by Gasteiger charge is -2.24. The normalized spacial score (nSPS) is 18.8. The molecular formula is C12H16N2O2. The van der Waals surface area contributed by atoms with Gasteiger partial charge in [0.2, 0.25) is 0 Å². The number of fused-ring (bicyclic) bond motifs is 1. The van der Waals surface area contributed by atoms with Crippen LogP contribution in [0.1, 0.15) is 20.8 Å². The van der Waals surface area contributed by atoms with Crippen molar-refractivity contribution >= 4 is 17.3 Å². The van der Waals surface area contributed by atoms with Gasteiger partial charge in [-0.2, -0.15) is 0 Å². The molecule has 1 aliphatic heterocycles. The molecule has 0 radical (unpaired) electrons. The van der Waals surface area contributed by atoms with Crippen molar-refractivity contribution in [2.24, 2.45) is 0 Å². The van der Waals surface area contributed by atoms with Crippen LogP contribution in [0.4, 0.5) is 11.4 Å². The van der Waals surface area contributed by atoms with Gasteiger partial charge in [-0.1, -0.05) is 0 Å². The fraction of sp³-hybridized carbons (Fsp3) is 0.417. The summed E-state index contributed by atoms with van der Waals surface area (Å²) in [5.41, 5.74) is 1.71. The number of hydrogen-bond donors (Lipinski definition) is 2. The standard InChI is InChI=1S/C12H16N2O2/c1-7(2)13-9-4-5-11-10(6-9)14-12(15)8(3)16-11/h4-8,13H,1-3H3,(H,14,15). The molecule has 0 saturated heterocycles. The van der Waals surface area contributed by atoms with Crippen LogP contribution < -0.4 is 15.4 Å². The lowest BCUT2D eigenvalue weighted by molar-refractivity contribution is -0.122. The zero-order valence-corrected chi connectivity index (χ0v) is 9.70. The number of amides is 1. The summed E-state index contributed by atoms with van der Waals surface area (Å²) in [6.45, 7) is 5.87. The number of hydrogen-bond acceptors (Lipinski definition) is 3. The summed E-state index contributed by atoms with van der Waals surface area (Å²) < 4.78 is 5.46. The maximum Gasteiger partial charge on any atom is 0.265 e. The maximum absolute atomic E-state index is 11.4. The highest BCUT2D eigenvalue weighted by molar-refractivity contribution is 5.98. The molecule has 1 heterocycles. The second-order valence-corrected chi connectivity index (χ2v) is 4.26. The van der Waals surface area contributed by atoms with Crippen LogP contribution in [0.15, 0.2) is 18.2 Å². The third kappa shape index (κ3) is 2.10. The highest BCUT2D eigenvalue weighted by atomic mass is 16.5. The van der Waals surface area contributed by atoms with Crippen LogP contribution in [-0.2, 0) is 4.79 Å². The first-order valence-corrected chi connectivity index (χ1v) is 5.44. The Morgan fingerprint density at radius 1 is 1.44 bits per heavy atom. The Morgan fingerprint density at radius 3 is 2.88 bits per heavy atom. The number of ether oxygens (including phenoxy) is 1. The van der Waals surface area contributed by atoms with E-state index in [1.54, 1.807) is 6.92 Å². The Hall–Kier alpha value is -1.71. The Morgan fingerprint density at radius 2 is 2.19 bits per heavy atom. The zero-order chi connectivity index (χ0) is 11.7. The molecule has 1 aromatic rings. The number of anilines is 2. The fourth-order valence-corrected chi connectivity index (χ4v) is 1.63. The van der Waals surface area contributed by atoms with Gasteiger partial charge in [-0.05, 0) is 39.0 Å². The molecule has 16 heavy (non-hydrogen) atoms. The molecule has 1 unspecified atom stereocenters. The van der Waals surface area contributed by atoms with E-state index >= 15 is 0 Å². The molecule has 0 aliphatic carbocycles. The van der Waals surface area contributed by atoms with Crippen LogP contribution in [0, 0.1) is 0 Å². The summed E-state index contributed by atoms with van der Waals surface area (Å²) >= 11 is 0. The van der Waals surface area contributed by atoms with E-state index in [-0.39, 0.29) is 5.91 Å². The molecule has 1 aliphatic rings. The first-order chi connectivity index (χ1) is 7.56. The Labute approximate surface area is 95.0 Å². The summed E-state index contributed by atoms with van der Waals surface area (Å²) in [6, 6.07) is 6.06. The summed E-state index contributed by atoms with van der Waals surface area (Å²) in [7, 11) is 0. The average Bonchev–Trinajstić information content (AvgIpc) is 2.19. The first-order valence-electron chi connectivity index (χ1n) is 5.44. The molecular weight excluding hydrogens is 204 g/mol. The van der Waals surface area contributed by atoms with Gasteiger partial charge >= 0.3 is 0 Å². The summed E-state index contributed by atoms with van der Waals surface area (Å²) in [5.74, 6) is 0.621. The van der Waals surface area contributed by atoms with E-state index in [1.807, 2.05) is 18.2 Å². The van der Waals surface area contributed by atoms with Gasteiger partial charge in [0.25, 0.3) is 5.91 Å². The predicted molar refractivity (Wildman–Crippen MR) is 63.9 cm³/mol. The second kappa shape index (κ2) is 4.04.